The number of hydrogen-bond acceptors (Lipinski definition) is 3. The van der Waals surface area contributed by atoms with E-state index in [1.54, 1.807) is 0 Å². The van der Waals surface area contributed by atoms with Gasteiger partial charge < -0.3 is 15.1 Å². The summed E-state index contributed by atoms with van der Waals surface area (Å²) >= 11 is 0. The Morgan fingerprint density at radius 3 is 2.53 bits per heavy atom. The Bertz CT molecular complexity index is 742. The molecule has 2 aliphatic heterocycles. The van der Waals surface area contributed by atoms with Gasteiger partial charge in [0.1, 0.15) is 0 Å². The number of hydrogen-bond donors (Lipinski definition) is 1. The quantitative estimate of drug-likeness (QED) is 0.728. The molecule has 1 aromatic carbocycles. The van der Waals surface area contributed by atoms with E-state index in [1.165, 1.54) is 31.5 Å². The zero-order chi connectivity index (χ0) is 20.9. The third-order valence-electron chi connectivity index (χ3n) is 7.40. The summed E-state index contributed by atoms with van der Waals surface area (Å²) in [6, 6.07) is 8.18. The van der Waals surface area contributed by atoms with Crippen molar-refractivity contribution in [3.8, 4) is 0 Å². The summed E-state index contributed by atoms with van der Waals surface area (Å²) in [5.74, 6) is 0.752. The molecule has 0 bridgehead atoms. The summed E-state index contributed by atoms with van der Waals surface area (Å²) in [7, 11) is 0. The van der Waals surface area contributed by atoms with Crippen LogP contribution in [0.15, 0.2) is 24.3 Å². The molecule has 0 spiro atoms. The number of anilines is 1. The van der Waals surface area contributed by atoms with Gasteiger partial charge in [-0.3, -0.25) is 9.59 Å². The van der Waals surface area contributed by atoms with Crippen LogP contribution >= 0.6 is 0 Å². The molecule has 2 unspecified atom stereocenters. The van der Waals surface area contributed by atoms with Crippen molar-refractivity contribution >= 4 is 17.5 Å². The van der Waals surface area contributed by atoms with Gasteiger partial charge in [-0.1, -0.05) is 38.0 Å². The fourth-order valence-electron chi connectivity index (χ4n) is 5.44. The SMILES string of the molecule is CC1CCN(CCCNC(=O)C2CCCCC2C(=O)N2CCc3ccccc32)CC1. The smallest absolute Gasteiger partial charge is 0.230 e. The zero-order valence-electron chi connectivity index (χ0n) is 18.4. The minimum atomic E-state index is -0.173. The molecule has 1 aliphatic carbocycles. The van der Waals surface area contributed by atoms with Crippen LogP contribution in [0.5, 0.6) is 0 Å². The Morgan fingerprint density at radius 2 is 1.73 bits per heavy atom. The van der Waals surface area contributed by atoms with Crippen LogP contribution in [0.1, 0.15) is 57.4 Å². The van der Waals surface area contributed by atoms with Gasteiger partial charge in [0.2, 0.25) is 11.8 Å². The molecular formula is C25H37N3O2. The van der Waals surface area contributed by atoms with E-state index in [2.05, 4.69) is 23.2 Å². The Kier molecular flexibility index (Phi) is 7.08. The maximum Gasteiger partial charge on any atom is 0.230 e. The van der Waals surface area contributed by atoms with E-state index in [9.17, 15) is 9.59 Å². The number of carbonyl (C=O) groups excluding carboxylic acids is 2. The third kappa shape index (κ3) is 4.88. The maximum absolute atomic E-state index is 13.4. The summed E-state index contributed by atoms with van der Waals surface area (Å²) in [6.07, 6.45) is 8.25. The Labute approximate surface area is 181 Å². The molecule has 1 aromatic rings. The van der Waals surface area contributed by atoms with Gasteiger partial charge in [-0.05, 0) is 75.7 Å². The predicted molar refractivity (Wildman–Crippen MR) is 120 cm³/mol. The first-order valence-corrected chi connectivity index (χ1v) is 12.0. The van der Waals surface area contributed by atoms with Crippen molar-refractivity contribution in [2.75, 3.05) is 37.6 Å². The highest BCUT2D eigenvalue weighted by atomic mass is 16.2. The summed E-state index contributed by atoms with van der Waals surface area (Å²) < 4.78 is 0. The first-order chi connectivity index (χ1) is 14.6. The summed E-state index contributed by atoms with van der Waals surface area (Å²) in [5, 5.41) is 3.16. The zero-order valence-corrected chi connectivity index (χ0v) is 18.4. The monoisotopic (exact) mass is 411 g/mol. The van der Waals surface area contributed by atoms with Gasteiger partial charge in [0.15, 0.2) is 0 Å². The molecule has 4 rings (SSSR count). The number of piperidine rings is 1. The second-order valence-corrected chi connectivity index (χ2v) is 9.53. The molecule has 1 saturated carbocycles. The van der Waals surface area contributed by atoms with E-state index in [0.717, 1.165) is 69.8 Å². The minimum Gasteiger partial charge on any atom is -0.356 e. The molecule has 2 fully saturated rings. The van der Waals surface area contributed by atoms with E-state index in [-0.39, 0.29) is 23.7 Å². The first kappa shape index (κ1) is 21.4. The van der Waals surface area contributed by atoms with Crippen LogP contribution in [0.25, 0.3) is 0 Å². The number of likely N-dealkylation sites (tertiary alicyclic amines) is 1. The van der Waals surface area contributed by atoms with Crippen LogP contribution in [-0.2, 0) is 16.0 Å². The Morgan fingerprint density at radius 1 is 1.00 bits per heavy atom. The summed E-state index contributed by atoms with van der Waals surface area (Å²) in [4.78, 5) is 30.8. The summed E-state index contributed by atoms with van der Waals surface area (Å²) in [6.45, 7) is 7.23. The lowest BCUT2D eigenvalue weighted by atomic mass is 9.77. The van der Waals surface area contributed by atoms with Gasteiger partial charge in [-0.25, -0.2) is 0 Å². The van der Waals surface area contributed by atoms with Crippen molar-refractivity contribution in [3.05, 3.63) is 29.8 Å². The van der Waals surface area contributed by atoms with Gasteiger partial charge in [-0.15, -0.1) is 0 Å². The lowest BCUT2D eigenvalue weighted by Crippen LogP contribution is -2.45. The second kappa shape index (κ2) is 9.95. The average Bonchev–Trinajstić information content (AvgIpc) is 3.21. The maximum atomic E-state index is 13.4. The van der Waals surface area contributed by atoms with E-state index >= 15 is 0 Å². The van der Waals surface area contributed by atoms with Gasteiger partial charge in [-0.2, -0.15) is 0 Å². The van der Waals surface area contributed by atoms with Crippen molar-refractivity contribution < 1.29 is 9.59 Å². The molecule has 2 heterocycles. The molecule has 5 heteroatoms. The molecule has 3 aliphatic rings. The van der Waals surface area contributed by atoms with Crippen LogP contribution in [0.3, 0.4) is 0 Å². The number of nitrogens with zero attached hydrogens (tertiary/aromatic N) is 2. The van der Waals surface area contributed by atoms with Crippen molar-refractivity contribution in [3.63, 3.8) is 0 Å². The lowest BCUT2D eigenvalue weighted by molar-refractivity contribution is -0.135. The number of para-hydroxylation sites is 1. The van der Waals surface area contributed by atoms with E-state index < -0.39 is 0 Å². The predicted octanol–water partition coefficient (Wildman–Crippen LogP) is 3.62. The van der Waals surface area contributed by atoms with Crippen LogP contribution in [0.4, 0.5) is 5.69 Å². The second-order valence-electron chi connectivity index (χ2n) is 9.53. The molecule has 1 N–H and O–H groups in total. The van der Waals surface area contributed by atoms with E-state index in [0.29, 0.717) is 0 Å². The number of nitrogens with one attached hydrogen (secondary N) is 1. The van der Waals surface area contributed by atoms with Crippen LogP contribution in [0.2, 0.25) is 0 Å². The number of amides is 2. The van der Waals surface area contributed by atoms with Crippen molar-refractivity contribution in [2.24, 2.45) is 17.8 Å². The standard InChI is InChI=1S/C25H37N3O2/c1-19-11-16-27(17-12-19)15-6-14-26-24(29)21-8-3-4-9-22(21)25(30)28-18-13-20-7-2-5-10-23(20)28/h2,5,7,10,19,21-22H,3-4,6,8-9,11-18H2,1H3,(H,26,29). The molecule has 30 heavy (non-hydrogen) atoms. The van der Waals surface area contributed by atoms with Crippen LogP contribution in [0, 0.1) is 17.8 Å². The number of fused-ring (bicyclic) bond motifs is 1. The number of benzene rings is 1. The fraction of sp³-hybridized carbons (Fsp3) is 0.680. The fourth-order valence-corrected chi connectivity index (χ4v) is 5.44. The minimum absolute atomic E-state index is 0.0906. The Balaban J connectivity index is 1.29. The Hall–Kier alpha value is -1.88. The van der Waals surface area contributed by atoms with Crippen LogP contribution in [-0.4, -0.2) is 49.4 Å². The average molecular weight is 412 g/mol. The first-order valence-electron chi connectivity index (χ1n) is 12.0. The molecule has 0 radical (unpaired) electrons. The highest BCUT2D eigenvalue weighted by Gasteiger charge is 2.39. The van der Waals surface area contributed by atoms with Crippen LogP contribution < -0.4 is 10.2 Å². The highest BCUT2D eigenvalue weighted by molar-refractivity contribution is 5.99. The molecule has 164 valence electrons. The largest absolute Gasteiger partial charge is 0.356 e. The highest BCUT2D eigenvalue weighted by Crippen LogP contribution is 2.35. The van der Waals surface area contributed by atoms with E-state index in [4.69, 9.17) is 0 Å². The molecule has 1 saturated heterocycles. The van der Waals surface area contributed by atoms with Crippen molar-refractivity contribution in [1.82, 2.24) is 10.2 Å². The molecule has 5 nitrogen and oxygen atoms in total. The number of rotatable bonds is 6. The van der Waals surface area contributed by atoms with Gasteiger partial charge >= 0.3 is 0 Å². The molecular weight excluding hydrogens is 374 g/mol. The topological polar surface area (TPSA) is 52.7 Å². The normalized spacial score (nSPS) is 25.2. The van der Waals surface area contributed by atoms with Gasteiger partial charge in [0, 0.05) is 24.7 Å². The van der Waals surface area contributed by atoms with Crippen molar-refractivity contribution in [2.45, 2.75) is 58.3 Å². The lowest BCUT2D eigenvalue weighted by Gasteiger charge is -2.33. The number of carbonyl (C=O) groups is 2. The van der Waals surface area contributed by atoms with Gasteiger partial charge in [0.05, 0.1) is 5.92 Å². The molecule has 2 atom stereocenters. The molecule has 0 aromatic heterocycles. The molecule has 2 amide bonds. The third-order valence-corrected chi connectivity index (χ3v) is 7.40. The van der Waals surface area contributed by atoms with E-state index in [1.807, 2.05) is 23.1 Å². The van der Waals surface area contributed by atoms with Crippen molar-refractivity contribution in [1.29, 1.82) is 0 Å². The summed E-state index contributed by atoms with van der Waals surface area (Å²) in [5.41, 5.74) is 2.29. The van der Waals surface area contributed by atoms with Gasteiger partial charge in [0.25, 0.3) is 0 Å².